The minimum atomic E-state index is 0.557. The van der Waals surface area contributed by atoms with Crippen molar-refractivity contribution in [3.05, 3.63) is 30.3 Å². The molecule has 0 saturated carbocycles. The van der Waals surface area contributed by atoms with Crippen molar-refractivity contribution < 1.29 is 4.52 Å². The van der Waals surface area contributed by atoms with Crippen LogP contribution in [0.2, 0.25) is 0 Å². The van der Waals surface area contributed by atoms with Crippen molar-refractivity contribution in [1.29, 1.82) is 0 Å². The van der Waals surface area contributed by atoms with Gasteiger partial charge in [0.2, 0.25) is 11.7 Å². The normalized spacial score (nSPS) is 19.8. The van der Waals surface area contributed by atoms with E-state index >= 15 is 0 Å². The molecule has 3 heterocycles. The number of hydrogen-bond acceptors (Lipinski definition) is 6. The summed E-state index contributed by atoms with van der Waals surface area (Å²) in [7, 11) is 0. The topological polar surface area (TPSA) is 81.1 Å². The lowest BCUT2D eigenvalue weighted by molar-refractivity contribution is 0.146. The number of nitrogens with zero attached hydrogens (tertiary/aromatic N) is 4. The molecule has 21 heavy (non-hydrogen) atoms. The predicted octanol–water partition coefficient (Wildman–Crippen LogP) is 1.69. The second-order valence-corrected chi connectivity index (χ2v) is 5.55. The third kappa shape index (κ3) is 3.65. The Morgan fingerprint density at radius 1 is 1.38 bits per heavy atom. The Labute approximate surface area is 124 Å². The van der Waals surface area contributed by atoms with Gasteiger partial charge in [-0.2, -0.15) is 4.98 Å². The summed E-state index contributed by atoms with van der Waals surface area (Å²) in [6.45, 7) is 3.63. The van der Waals surface area contributed by atoms with Crippen LogP contribution in [0.4, 0.5) is 0 Å². The van der Waals surface area contributed by atoms with Gasteiger partial charge in [-0.15, -0.1) is 0 Å². The Morgan fingerprint density at radius 3 is 3.14 bits per heavy atom. The molecule has 3 rings (SSSR count). The quantitative estimate of drug-likeness (QED) is 0.901. The molecule has 0 radical (unpaired) electrons. The zero-order chi connectivity index (χ0) is 14.5. The van der Waals surface area contributed by atoms with Crippen molar-refractivity contribution in [2.45, 2.75) is 25.8 Å². The highest BCUT2D eigenvalue weighted by Crippen LogP contribution is 2.21. The van der Waals surface area contributed by atoms with Gasteiger partial charge in [0, 0.05) is 12.7 Å². The highest BCUT2D eigenvalue weighted by atomic mass is 16.5. The summed E-state index contributed by atoms with van der Waals surface area (Å²) >= 11 is 0. The summed E-state index contributed by atoms with van der Waals surface area (Å²) in [4.78, 5) is 11.0. The van der Waals surface area contributed by atoms with Crippen molar-refractivity contribution >= 4 is 0 Å². The Hall–Kier alpha value is -1.79. The molecular formula is C15H21N5O. The molecule has 1 unspecified atom stereocenters. The number of nitrogens with two attached hydrogens (primary N) is 1. The minimum Gasteiger partial charge on any atom is -0.337 e. The van der Waals surface area contributed by atoms with E-state index in [2.05, 4.69) is 20.0 Å². The molecule has 0 amide bonds. The number of hydrogen-bond donors (Lipinski definition) is 1. The predicted molar refractivity (Wildman–Crippen MR) is 79.2 cm³/mol. The summed E-state index contributed by atoms with van der Waals surface area (Å²) in [5, 5.41) is 4.01. The Bertz CT molecular complexity index is 554. The molecule has 1 aliphatic heterocycles. The van der Waals surface area contributed by atoms with Gasteiger partial charge in [-0.05, 0) is 50.4 Å². The first-order valence-corrected chi connectivity index (χ1v) is 7.51. The Kier molecular flexibility index (Phi) is 4.57. The number of aromatic nitrogens is 3. The van der Waals surface area contributed by atoms with Crippen LogP contribution in [0.5, 0.6) is 0 Å². The molecule has 1 atom stereocenters. The van der Waals surface area contributed by atoms with Crippen molar-refractivity contribution in [2.75, 3.05) is 19.6 Å². The van der Waals surface area contributed by atoms with Crippen LogP contribution < -0.4 is 5.73 Å². The smallest absolute Gasteiger partial charge is 0.241 e. The first-order valence-electron chi connectivity index (χ1n) is 7.51. The maximum absolute atomic E-state index is 5.66. The summed E-state index contributed by atoms with van der Waals surface area (Å²) in [6.07, 6.45) is 5.32. The SMILES string of the molecule is NCCC1CCCN(Cc2nc(-c3ccccn3)no2)C1. The fraction of sp³-hybridized carbons (Fsp3) is 0.533. The van der Waals surface area contributed by atoms with E-state index in [1.165, 1.54) is 12.8 Å². The number of piperidine rings is 1. The van der Waals surface area contributed by atoms with Gasteiger partial charge in [0.15, 0.2) is 0 Å². The van der Waals surface area contributed by atoms with Crippen LogP contribution in [-0.4, -0.2) is 39.7 Å². The lowest BCUT2D eigenvalue weighted by Gasteiger charge is -2.31. The van der Waals surface area contributed by atoms with E-state index < -0.39 is 0 Å². The zero-order valence-electron chi connectivity index (χ0n) is 12.1. The molecule has 0 bridgehead atoms. The monoisotopic (exact) mass is 287 g/mol. The molecular weight excluding hydrogens is 266 g/mol. The molecule has 2 N–H and O–H groups in total. The molecule has 2 aromatic heterocycles. The van der Waals surface area contributed by atoms with E-state index in [0.29, 0.717) is 24.2 Å². The lowest BCUT2D eigenvalue weighted by Crippen LogP contribution is -2.35. The van der Waals surface area contributed by atoms with E-state index in [1.54, 1.807) is 6.20 Å². The molecule has 1 fully saturated rings. The van der Waals surface area contributed by atoms with E-state index in [-0.39, 0.29) is 0 Å². The molecule has 112 valence electrons. The van der Waals surface area contributed by atoms with Crippen LogP contribution in [0.25, 0.3) is 11.5 Å². The first-order chi connectivity index (χ1) is 10.3. The molecule has 2 aromatic rings. The van der Waals surface area contributed by atoms with Gasteiger partial charge in [-0.25, -0.2) is 0 Å². The van der Waals surface area contributed by atoms with E-state index in [1.807, 2.05) is 18.2 Å². The van der Waals surface area contributed by atoms with Crippen molar-refractivity contribution in [1.82, 2.24) is 20.0 Å². The minimum absolute atomic E-state index is 0.557. The molecule has 0 spiro atoms. The van der Waals surface area contributed by atoms with Gasteiger partial charge >= 0.3 is 0 Å². The van der Waals surface area contributed by atoms with Crippen molar-refractivity contribution in [3.8, 4) is 11.5 Å². The van der Waals surface area contributed by atoms with Crippen LogP contribution in [0, 0.1) is 5.92 Å². The maximum Gasteiger partial charge on any atom is 0.241 e. The standard InChI is InChI=1S/C15H21N5O/c16-7-6-12-4-3-9-20(10-12)11-14-18-15(19-21-14)13-5-1-2-8-17-13/h1-2,5,8,12H,3-4,6-7,9-11,16H2. The number of rotatable bonds is 5. The summed E-state index contributed by atoms with van der Waals surface area (Å²) in [6, 6.07) is 5.67. The molecule has 0 aliphatic carbocycles. The zero-order valence-corrected chi connectivity index (χ0v) is 12.1. The highest BCUT2D eigenvalue weighted by Gasteiger charge is 2.21. The van der Waals surface area contributed by atoms with Crippen molar-refractivity contribution in [3.63, 3.8) is 0 Å². The largest absolute Gasteiger partial charge is 0.337 e. The van der Waals surface area contributed by atoms with E-state index in [9.17, 15) is 0 Å². The molecule has 6 heteroatoms. The first kappa shape index (κ1) is 14.2. The average molecular weight is 287 g/mol. The summed E-state index contributed by atoms with van der Waals surface area (Å²) in [5.74, 6) is 1.91. The fourth-order valence-electron chi connectivity index (χ4n) is 2.88. The van der Waals surface area contributed by atoms with Gasteiger partial charge in [-0.1, -0.05) is 11.2 Å². The third-order valence-corrected chi connectivity index (χ3v) is 3.90. The average Bonchev–Trinajstić information content (AvgIpc) is 2.97. The van der Waals surface area contributed by atoms with E-state index in [0.717, 1.165) is 31.7 Å². The second-order valence-electron chi connectivity index (χ2n) is 5.55. The van der Waals surface area contributed by atoms with Crippen LogP contribution in [0.15, 0.2) is 28.9 Å². The Morgan fingerprint density at radius 2 is 2.33 bits per heavy atom. The van der Waals surface area contributed by atoms with Gasteiger partial charge in [0.1, 0.15) is 5.69 Å². The molecule has 6 nitrogen and oxygen atoms in total. The van der Waals surface area contributed by atoms with Gasteiger partial charge < -0.3 is 10.3 Å². The number of likely N-dealkylation sites (tertiary alicyclic amines) is 1. The maximum atomic E-state index is 5.66. The van der Waals surface area contributed by atoms with Crippen LogP contribution in [-0.2, 0) is 6.54 Å². The van der Waals surface area contributed by atoms with Gasteiger partial charge in [0.05, 0.1) is 6.54 Å². The third-order valence-electron chi connectivity index (χ3n) is 3.90. The Balaban J connectivity index is 1.62. The second kappa shape index (κ2) is 6.78. The fourth-order valence-corrected chi connectivity index (χ4v) is 2.88. The molecule has 1 saturated heterocycles. The lowest BCUT2D eigenvalue weighted by atomic mass is 9.95. The van der Waals surface area contributed by atoms with Crippen LogP contribution in [0.1, 0.15) is 25.2 Å². The molecule has 1 aliphatic rings. The van der Waals surface area contributed by atoms with Crippen molar-refractivity contribution in [2.24, 2.45) is 11.7 Å². The highest BCUT2D eigenvalue weighted by molar-refractivity contribution is 5.46. The van der Waals surface area contributed by atoms with Gasteiger partial charge in [-0.3, -0.25) is 9.88 Å². The molecule has 0 aromatic carbocycles. The van der Waals surface area contributed by atoms with Crippen LogP contribution in [0.3, 0.4) is 0 Å². The number of pyridine rings is 1. The van der Waals surface area contributed by atoms with Crippen LogP contribution >= 0.6 is 0 Å². The van der Waals surface area contributed by atoms with Gasteiger partial charge in [0.25, 0.3) is 0 Å². The summed E-state index contributed by atoms with van der Waals surface area (Å²) in [5.41, 5.74) is 6.40. The summed E-state index contributed by atoms with van der Waals surface area (Å²) < 4.78 is 5.35. The van der Waals surface area contributed by atoms with E-state index in [4.69, 9.17) is 10.3 Å².